The lowest BCUT2D eigenvalue weighted by atomic mass is 10.1. The number of benzene rings is 2. The second kappa shape index (κ2) is 8.40. The molecule has 0 radical (unpaired) electrons. The van der Waals surface area contributed by atoms with Crippen LogP contribution in [0.4, 0.5) is 5.69 Å². The zero-order valence-corrected chi connectivity index (χ0v) is 15.1. The Labute approximate surface area is 155 Å². The first kappa shape index (κ1) is 17.8. The van der Waals surface area contributed by atoms with Gasteiger partial charge < -0.3 is 10.1 Å². The summed E-state index contributed by atoms with van der Waals surface area (Å²) in [6.07, 6.45) is 0.881. The summed E-state index contributed by atoms with van der Waals surface area (Å²) < 4.78 is 5.06. The second-order valence-corrected chi connectivity index (χ2v) is 6.44. The molecule has 0 fully saturated rings. The standard InChI is InChI=1S/C20H18N2O3S/c1-2-14-7-6-10-16(11-14)21-18(23)12-25-20(24)17-13-26-19(22-17)15-8-4-3-5-9-15/h3-11,13H,2,12H2,1H3,(H,21,23). The number of nitrogens with one attached hydrogen (secondary N) is 1. The third-order valence-corrected chi connectivity index (χ3v) is 4.58. The fourth-order valence-corrected chi connectivity index (χ4v) is 3.15. The van der Waals surface area contributed by atoms with E-state index in [-0.39, 0.29) is 18.2 Å². The molecule has 0 aliphatic carbocycles. The molecule has 1 heterocycles. The average Bonchev–Trinajstić information content (AvgIpc) is 3.17. The van der Waals surface area contributed by atoms with Crippen molar-refractivity contribution in [1.29, 1.82) is 0 Å². The van der Waals surface area contributed by atoms with Gasteiger partial charge in [-0.15, -0.1) is 11.3 Å². The van der Waals surface area contributed by atoms with Crippen molar-refractivity contribution >= 4 is 28.9 Å². The topological polar surface area (TPSA) is 68.3 Å². The fraction of sp³-hybridized carbons (Fsp3) is 0.150. The Hall–Kier alpha value is -2.99. The van der Waals surface area contributed by atoms with Crippen molar-refractivity contribution in [3.05, 3.63) is 71.2 Å². The van der Waals surface area contributed by atoms with Crippen molar-refractivity contribution < 1.29 is 14.3 Å². The lowest BCUT2D eigenvalue weighted by Crippen LogP contribution is -2.21. The third kappa shape index (κ3) is 4.55. The van der Waals surface area contributed by atoms with Crippen LogP contribution < -0.4 is 5.32 Å². The molecule has 3 aromatic rings. The maximum atomic E-state index is 12.1. The monoisotopic (exact) mass is 366 g/mol. The summed E-state index contributed by atoms with van der Waals surface area (Å²) in [5, 5.41) is 5.09. The third-order valence-electron chi connectivity index (χ3n) is 3.69. The van der Waals surface area contributed by atoms with E-state index in [0.717, 1.165) is 22.6 Å². The molecule has 0 bridgehead atoms. The second-order valence-electron chi connectivity index (χ2n) is 5.58. The molecule has 0 atom stereocenters. The smallest absolute Gasteiger partial charge is 0.358 e. The number of amides is 1. The summed E-state index contributed by atoms with van der Waals surface area (Å²) in [7, 11) is 0. The van der Waals surface area contributed by atoms with Crippen molar-refractivity contribution in [3.63, 3.8) is 0 Å². The zero-order chi connectivity index (χ0) is 18.4. The largest absolute Gasteiger partial charge is 0.451 e. The number of rotatable bonds is 6. The van der Waals surface area contributed by atoms with Crippen LogP contribution in [-0.4, -0.2) is 23.5 Å². The average molecular weight is 366 g/mol. The van der Waals surface area contributed by atoms with Crippen molar-refractivity contribution in [1.82, 2.24) is 4.98 Å². The molecule has 3 rings (SSSR count). The number of thiazole rings is 1. The molecular formula is C20H18N2O3S. The number of hydrogen-bond acceptors (Lipinski definition) is 5. The molecule has 0 unspecified atom stereocenters. The highest BCUT2D eigenvalue weighted by Gasteiger charge is 2.15. The van der Waals surface area contributed by atoms with Gasteiger partial charge in [-0.3, -0.25) is 4.79 Å². The summed E-state index contributed by atoms with van der Waals surface area (Å²) in [5.41, 5.74) is 2.95. The Morgan fingerprint density at radius 1 is 1.12 bits per heavy atom. The van der Waals surface area contributed by atoms with Gasteiger partial charge in [0.1, 0.15) is 5.01 Å². The van der Waals surface area contributed by atoms with Gasteiger partial charge >= 0.3 is 5.97 Å². The van der Waals surface area contributed by atoms with Crippen LogP contribution >= 0.6 is 11.3 Å². The van der Waals surface area contributed by atoms with Crippen LogP contribution in [-0.2, 0) is 16.0 Å². The van der Waals surface area contributed by atoms with Crippen LogP contribution in [0.25, 0.3) is 10.6 Å². The van der Waals surface area contributed by atoms with Gasteiger partial charge in [-0.25, -0.2) is 9.78 Å². The normalized spacial score (nSPS) is 10.3. The maximum absolute atomic E-state index is 12.1. The molecule has 1 amide bonds. The Balaban J connectivity index is 1.55. The maximum Gasteiger partial charge on any atom is 0.358 e. The van der Waals surface area contributed by atoms with Crippen molar-refractivity contribution in [3.8, 4) is 10.6 Å². The summed E-state index contributed by atoms with van der Waals surface area (Å²) in [6.45, 7) is 1.69. The molecule has 0 saturated carbocycles. The number of hydrogen-bond donors (Lipinski definition) is 1. The minimum Gasteiger partial charge on any atom is -0.451 e. The quantitative estimate of drug-likeness (QED) is 0.665. The Morgan fingerprint density at radius 3 is 2.69 bits per heavy atom. The van der Waals surface area contributed by atoms with Crippen LogP contribution in [0, 0.1) is 0 Å². The first-order valence-electron chi connectivity index (χ1n) is 8.22. The van der Waals surface area contributed by atoms with Crippen LogP contribution in [0.5, 0.6) is 0 Å². The van der Waals surface area contributed by atoms with Gasteiger partial charge in [0.25, 0.3) is 5.91 Å². The van der Waals surface area contributed by atoms with Crippen molar-refractivity contribution in [2.45, 2.75) is 13.3 Å². The highest BCUT2D eigenvalue weighted by Crippen LogP contribution is 2.23. The van der Waals surface area contributed by atoms with E-state index in [1.807, 2.05) is 55.5 Å². The predicted molar refractivity (Wildman–Crippen MR) is 102 cm³/mol. The molecule has 0 aliphatic rings. The van der Waals surface area contributed by atoms with Gasteiger partial charge in [0, 0.05) is 16.6 Å². The predicted octanol–water partition coefficient (Wildman–Crippen LogP) is 4.17. The van der Waals surface area contributed by atoms with Crippen LogP contribution in [0.2, 0.25) is 0 Å². The zero-order valence-electron chi connectivity index (χ0n) is 14.3. The lowest BCUT2D eigenvalue weighted by molar-refractivity contribution is -0.119. The number of esters is 1. The van der Waals surface area contributed by atoms with E-state index in [1.165, 1.54) is 11.3 Å². The first-order chi connectivity index (χ1) is 12.7. The highest BCUT2D eigenvalue weighted by molar-refractivity contribution is 7.13. The van der Waals surface area contributed by atoms with Gasteiger partial charge in [-0.1, -0.05) is 49.4 Å². The van der Waals surface area contributed by atoms with Gasteiger partial charge in [0.15, 0.2) is 12.3 Å². The molecule has 1 N–H and O–H groups in total. The minimum absolute atomic E-state index is 0.203. The van der Waals surface area contributed by atoms with E-state index in [4.69, 9.17) is 4.74 Å². The van der Waals surface area contributed by atoms with Gasteiger partial charge in [-0.05, 0) is 24.1 Å². The van der Waals surface area contributed by atoms with Crippen LogP contribution in [0.15, 0.2) is 60.0 Å². The Morgan fingerprint density at radius 2 is 1.92 bits per heavy atom. The van der Waals surface area contributed by atoms with E-state index >= 15 is 0 Å². The van der Waals surface area contributed by atoms with E-state index in [2.05, 4.69) is 10.3 Å². The van der Waals surface area contributed by atoms with E-state index < -0.39 is 5.97 Å². The summed E-state index contributed by atoms with van der Waals surface area (Å²) in [4.78, 5) is 28.3. The number of aromatic nitrogens is 1. The van der Waals surface area contributed by atoms with E-state index in [0.29, 0.717) is 5.69 Å². The first-order valence-corrected chi connectivity index (χ1v) is 9.10. The SMILES string of the molecule is CCc1cccc(NC(=O)COC(=O)c2csc(-c3ccccc3)n2)c1. The van der Waals surface area contributed by atoms with Gasteiger partial charge in [0.2, 0.25) is 0 Å². The van der Waals surface area contributed by atoms with E-state index in [9.17, 15) is 9.59 Å². The molecule has 6 heteroatoms. The molecular weight excluding hydrogens is 348 g/mol. The summed E-state index contributed by atoms with van der Waals surface area (Å²) >= 11 is 1.36. The van der Waals surface area contributed by atoms with Crippen molar-refractivity contribution in [2.75, 3.05) is 11.9 Å². The fourth-order valence-electron chi connectivity index (χ4n) is 2.35. The van der Waals surface area contributed by atoms with Crippen LogP contribution in [0.1, 0.15) is 23.0 Å². The van der Waals surface area contributed by atoms with Crippen molar-refractivity contribution in [2.24, 2.45) is 0 Å². The molecule has 0 aliphatic heterocycles. The Kier molecular flexibility index (Phi) is 5.76. The number of nitrogens with zero attached hydrogens (tertiary/aromatic N) is 1. The molecule has 0 saturated heterocycles. The number of ether oxygens (including phenoxy) is 1. The van der Waals surface area contributed by atoms with Gasteiger partial charge in [-0.2, -0.15) is 0 Å². The molecule has 132 valence electrons. The molecule has 5 nitrogen and oxygen atoms in total. The number of aryl methyl sites for hydroxylation is 1. The number of anilines is 1. The summed E-state index contributed by atoms with van der Waals surface area (Å²) in [6, 6.07) is 17.1. The number of carbonyl (C=O) groups is 2. The molecule has 1 aromatic heterocycles. The summed E-state index contributed by atoms with van der Waals surface area (Å²) in [5.74, 6) is -0.994. The highest BCUT2D eigenvalue weighted by atomic mass is 32.1. The minimum atomic E-state index is -0.610. The Bertz CT molecular complexity index is 906. The molecule has 2 aromatic carbocycles. The number of carbonyl (C=O) groups excluding carboxylic acids is 2. The van der Waals surface area contributed by atoms with Gasteiger partial charge in [0.05, 0.1) is 0 Å². The van der Waals surface area contributed by atoms with E-state index in [1.54, 1.807) is 11.4 Å². The molecule has 26 heavy (non-hydrogen) atoms. The molecule has 0 spiro atoms. The van der Waals surface area contributed by atoms with Crippen LogP contribution in [0.3, 0.4) is 0 Å². The lowest BCUT2D eigenvalue weighted by Gasteiger charge is -2.07.